The minimum absolute atomic E-state index is 0.0291. The SMILES string of the molecule is Cc1cscc1[C@@H]1CCc2c(C(=O)N3CCCC3)cc3c(nc(C)n3C)c2O1. The second kappa shape index (κ2) is 6.62. The Morgan fingerprint density at radius 1 is 1.25 bits per heavy atom. The predicted octanol–water partition coefficient (Wildman–Crippen LogP) is 4.55. The van der Waals surface area contributed by atoms with E-state index < -0.39 is 0 Å². The minimum Gasteiger partial charge on any atom is -0.483 e. The van der Waals surface area contributed by atoms with Gasteiger partial charge in [-0.05, 0) is 61.9 Å². The summed E-state index contributed by atoms with van der Waals surface area (Å²) >= 11 is 1.72. The Morgan fingerprint density at radius 3 is 2.75 bits per heavy atom. The van der Waals surface area contributed by atoms with E-state index in [0.717, 1.165) is 72.5 Å². The first-order valence-corrected chi connectivity index (χ1v) is 11.0. The van der Waals surface area contributed by atoms with E-state index >= 15 is 0 Å². The van der Waals surface area contributed by atoms with Crippen LogP contribution in [0.4, 0.5) is 0 Å². The van der Waals surface area contributed by atoms with E-state index in [-0.39, 0.29) is 12.0 Å². The maximum atomic E-state index is 13.3. The Kier molecular flexibility index (Phi) is 4.19. The van der Waals surface area contributed by atoms with Gasteiger partial charge in [-0.15, -0.1) is 0 Å². The second-order valence-corrected chi connectivity index (χ2v) is 8.72. The molecule has 5 rings (SSSR count). The van der Waals surface area contributed by atoms with Crippen LogP contribution in [-0.4, -0.2) is 33.4 Å². The molecule has 3 aromatic rings. The molecule has 4 heterocycles. The van der Waals surface area contributed by atoms with E-state index in [1.165, 1.54) is 11.1 Å². The fraction of sp³-hybridized carbons (Fsp3) is 0.455. The lowest BCUT2D eigenvalue weighted by molar-refractivity contribution is 0.0789. The molecule has 0 N–H and O–H groups in total. The molecule has 0 aliphatic carbocycles. The van der Waals surface area contributed by atoms with E-state index in [1.54, 1.807) is 11.3 Å². The molecule has 146 valence electrons. The van der Waals surface area contributed by atoms with Gasteiger partial charge in [-0.25, -0.2) is 4.98 Å². The number of hydrogen-bond donors (Lipinski definition) is 0. The van der Waals surface area contributed by atoms with Crippen LogP contribution in [0.1, 0.15) is 58.2 Å². The molecule has 6 heteroatoms. The van der Waals surface area contributed by atoms with Crippen molar-refractivity contribution in [3.8, 4) is 5.75 Å². The summed E-state index contributed by atoms with van der Waals surface area (Å²) in [6.07, 6.45) is 3.95. The molecule has 2 aliphatic heterocycles. The zero-order chi connectivity index (χ0) is 19.4. The summed E-state index contributed by atoms with van der Waals surface area (Å²) in [6, 6.07) is 2.04. The molecule has 0 radical (unpaired) electrons. The number of hydrogen-bond acceptors (Lipinski definition) is 4. The largest absolute Gasteiger partial charge is 0.483 e. The highest BCUT2D eigenvalue weighted by atomic mass is 32.1. The highest BCUT2D eigenvalue weighted by Crippen LogP contribution is 2.43. The smallest absolute Gasteiger partial charge is 0.254 e. The average molecular weight is 396 g/mol. The third-order valence-corrected chi connectivity index (χ3v) is 7.12. The summed E-state index contributed by atoms with van der Waals surface area (Å²) in [7, 11) is 2.00. The summed E-state index contributed by atoms with van der Waals surface area (Å²) in [4.78, 5) is 20.1. The van der Waals surface area contributed by atoms with Crippen LogP contribution in [0.15, 0.2) is 16.8 Å². The number of imidazole rings is 1. The molecule has 28 heavy (non-hydrogen) atoms. The van der Waals surface area contributed by atoms with Gasteiger partial charge in [-0.2, -0.15) is 11.3 Å². The summed E-state index contributed by atoms with van der Waals surface area (Å²) in [5.74, 6) is 1.88. The third kappa shape index (κ3) is 2.65. The molecule has 2 aliphatic rings. The lowest BCUT2D eigenvalue weighted by atomic mass is 9.92. The van der Waals surface area contributed by atoms with Crippen LogP contribution >= 0.6 is 11.3 Å². The van der Waals surface area contributed by atoms with Crippen molar-refractivity contribution in [2.75, 3.05) is 13.1 Å². The van der Waals surface area contributed by atoms with Crippen molar-refractivity contribution in [3.63, 3.8) is 0 Å². The molecule has 1 fully saturated rings. The molecule has 0 saturated carbocycles. The molecule has 2 aromatic heterocycles. The minimum atomic E-state index is 0.0291. The third-order valence-electron chi connectivity index (χ3n) is 6.24. The van der Waals surface area contributed by atoms with Gasteiger partial charge in [-0.1, -0.05) is 0 Å². The van der Waals surface area contributed by atoms with Gasteiger partial charge in [0.15, 0.2) is 5.75 Å². The number of fused-ring (bicyclic) bond motifs is 3. The van der Waals surface area contributed by atoms with Crippen molar-refractivity contribution >= 4 is 28.3 Å². The van der Waals surface area contributed by atoms with Gasteiger partial charge in [0.2, 0.25) is 0 Å². The Bertz CT molecular complexity index is 1080. The van der Waals surface area contributed by atoms with Crippen molar-refractivity contribution in [2.24, 2.45) is 7.05 Å². The molecule has 0 bridgehead atoms. The van der Waals surface area contributed by atoms with E-state index in [9.17, 15) is 4.79 Å². The molecule has 1 saturated heterocycles. The number of benzene rings is 1. The molecular formula is C22H25N3O2S. The van der Waals surface area contributed by atoms with Crippen molar-refractivity contribution in [2.45, 2.75) is 45.6 Å². The number of aryl methyl sites for hydroxylation is 3. The number of amides is 1. The standard InChI is InChI=1S/C22H25N3O2S/c1-13-11-28-12-17(13)19-7-6-15-16(22(26)25-8-4-5-9-25)10-18-20(21(15)27-19)23-14(2)24(18)3/h10-12,19H,4-9H2,1-3H3/t19-/m0/s1. The number of thiophene rings is 1. The highest BCUT2D eigenvalue weighted by molar-refractivity contribution is 7.08. The topological polar surface area (TPSA) is 47.4 Å². The lowest BCUT2D eigenvalue weighted by Crippen LogP contribution is -2.29. The molecule has 1 atom stereocenters. The molecule has 1 amide bonds. The molecule has 0 unspecified atom stereocenters. The molecular weight excluding hydrogens is 370 g/mol. The van der Waals surface area contributed by atoms with Crippen molar-refractivity contribution in [1.29, 1.82) is 0 Å². The lowest BCUT2D eigenvalue weighted by Gasteiger charge is -2.29. The number of aromatic nitrogens is 2. The fourth-order valence-electron chi connectivity index (χ4n) is 4.50. The van der Waals surface area contributed by atoms with Crippen LogP contribution in [0, 0.1) is 13.8 Å². The summed E-state index contributed by atoms with van der Waals surface area (Å²) < 4.78 is 8.61. The molecule has 1 aromatic carbocycles. The van der Waals surface area contributed by atoms with Crippen LogP contribution in [0.2, 0.25) is 0 Å². The first-order chi connectivity index (χ1) is 13.5. The first-order valence-electron chi connectivity index (χ1n) is 10.0. The van der Waals surface area contributed by atoms with E-state index in [0.29, 0.717) is 0 Å². The predicted molar refractivity (Wildman–Crippen MR) is 111 cm³/mol. The molecule has 5 nitrogen and oxygen atoms in total. The monoisotopic (exact) mass is 395 g/mol. The Labute approximate surface area is 168 Å². The van der Waals surface area contributed by atoms with Gasteiger partial charge in [0.1, 0.15) is 17.4 Å². The number of ether oxygens (including phenoxy) is 1. The Morgan fingerprint density at radius 2 is 2.04 bits per heavy atom. The van der Waals surface area contributed by atoms with Gasteiger partial charge < -0.3 is 14.2 Å². The fourth-order valence-corrected chi connectivity index (χ4v) is 5.39. The molecule has 0 spiro atoms. The summed E-state index contributed by atoms with van der Waals surface area (Å²) in [6.45, 7) is 5.84. The second-order valence-electron chi connectivity index (χ2n) is 7.97. The zero-order valence-electron chi connectivity index (χ0n) is 16.6. The van der Waals surface area contributed by atoms with Gasteiger partial charge in [-0.3, -0.25) is 4.79 Å². The van der Waals surface area contributed by atoms with Crippen molar-refractivity contribution in [3.05, 3.63) is 44.9 Å². The van der Waals surface area contributed by atoms with Crippen LogP contribution in [0.5, 0.6) is 5.75 Å². The van der Waals surface area contributed by atoms with Crippen molar-refractivity contribution in [1.82, 2.24) is 14.5 Å². The van der Waals surface area contributed by atoms with Crippen LogP contribution < -0.4 is 4.74 Å². The maximum Gasteiger partial charge on any atom is 0.254 e. The number of carbonyl (C=O) groups is 1. The van der Waals surface area contributed by atoms with Gasteiger partial charge in [0.25, 0.3) is 5.91 Å². The van der Waals surface area contributed by atoms with E-state index in [4.69, 9.17) is 9.72 Å². The average Bonchev–Trinajstić information content (AvgIpc) is 3.43. The summed E-state index contributed by atoms with van der Waals surface area (Å²) in [5.41, 5.74) is 6.22. The van der Waals surface area contributed by atoms with Gasteiger partial charge in [0.05, 0.1) is 5.52 Å². The first kappa shape index (κ1) is 17.7. The number of carbonyl (C=O) groups excluding carboxylic acids is 1. The number of rotatable bonds is 2. The number of likely N-dealkylation sites (tertiary alicyclic amines) is 1. The maximum absolute atomic E-state index is 13.3. The van der Waals surface area contributed by atoms with Crippen LogP contribution in [-0.2, 0) is 13.5 Å². The number of nitrogens with zero attached hydrogens (tertiary/aromatic N) is 3. The highest BCUT2D eigenvalue weighted by Gasteiger charge is 2.32. The zero-order valence-corrected chi connectivity index (χ0v) is 17.4. The normalized spacial score (nSPS) is 19.1. The van der Waals surface area contributed by atoms with Crippen molar-refractivity contribution < 1.29 is 9.53 Å². The van der Waals surface area contributed by atoms with Gasteiger partial charge in [0, 0.05) is 36.8 Å². The Balaban J connectivity index is 1.66. The van der Waals surface area contributed by atoms with Crippen LogP contribution in [0.25, 0.3) is 11.0 Å². The van der Waals surface area contributed by atoms with E-state index in [1.807, 2.05) is 24.9 Å². The Hall–Kier alpha value is -2.34. The van der Waals surface area contributed by atoms with Gasteiger partial charge >= 0.3 is 0 Å². The quantitative estimate of drug-likeness (QED) is 0.639. The van der Waals surface area contributed by atoms with Crippen LogP contribution in [0.3, 0.4) is 0 Å². The van der Waals surface area contributed by atoms with E-state index in [2.05, 4.69) is 22.3 Å². The summed E-state index contributed by atoms with van der Waals surface area (Å²) in [5, 5.41) is 4.35.